The molecule has 0 aliphatic carbocycles. The van der Waals surface area contributed by atoms with Crippen molar-refractivity contribution in [2.45, 2.75) is 6.54 Å². The smallest absolute Gasteiger partial charge is 0.255 e. The van der Waals surface area contributed by atoms with E-state index < -0.39 is 0 Å². The molecule has 7 heteroatoms. The fraction of sp³-hybridized carbons (Fsp3) is 0.231. The van der Waals surface area contributed by atoms with Gasteiger partial charge >= 0.3 is 0 Å². The number of aromatic amines is 1. The number of nitrogens with zero attached hydrogens (tertiary/aromatic N) is 4. The Morgan fingerprint density at radius 3 is 3.10 bits per heavy atom. The van der Waals surface area contributed by atoms with Gasteiger partial charge in [0.05, 0.1) is 24.2 Å². The molecule has 102 valence electrons. The first-order valence-electron chi connectivity index (χ1n) is 5.95. The zero-order valence-corrected chi connectivity index (χ0v) is 11.0. The molecule has 7 nitrogen and oxygen atoms in total. The summed E-state index contributed by atoms with van der Waals surface area (Å²) in [7, 11) is 1.69. The predicted molar refractivity (Wildman–Crippen MR) is 72.3 cm³/mol. The molecule has 0 saturated carbocycles. The van der Waals surface area contributed by atoms with Crippen LogP contribution in [-0.4, -0.2) is 44.6 Å². The van der Waals surface area contributed by atoms with E-state index in [0.29, 0.717) is 23.5 Å². The first-order valence-corrected chi connectivity index (χ1v) is 5.95. The van der Waals surface area contributed by atoms with Crippen LogP contribution in [0.4, 0.5) is 0 Å². The summed E-state index contributed by atoms with van der Waals surface area (Å²) in [6, 6.07) is 1.64. The molecular weight excluding hydrogens is 256 g/mol. The zero-order chi connectivity index (χ0) is 14.4. The molecular formula is C13H14N6O. The number of nitrogens with two attached hydrogens (primary N) is 1. The molecule has 2 heterocycles. The average molecular weight is 270 g/mol. The van der Waals surface area contributed by atoms with Gasteiger partial charge in [0.1, 0.15) is 12.2 Å². The van der Waals surface area contributed by atoms with Crippen molar-refractivity contribution in [1.29, 1.82) is 0 Å². The Labute approximate surface area is 116 Å². The molecule has 2 rings (SSSR count). The van der Waals surface area contributed by atoms with E-state index in [0.717, 1.165) is 0 Å². The number of carbonyl (C=O) groups excluding carboxylic acids is 1. The molecule has 0 aromatic carbocycles. The van der Waals surface area contributed by atoms with Gasteiger partial charge in [0, 0.05) is 19.4 Å². The Morgan fingerprint density at radius 2 is 2.40 bits per heavy atom. The summed E-state index contributed by atoms with van der Waals surface area (Å²) in [4.78, 5) is 21.9. The molecule has 0 bridgehead atoms. The number of rotatable bonds is 3. The van der Waals surface area contributed by atoms with Crippen molar-refractivity contribution in [2.24, 2.45) is 5.73 Å². The standard InChI is InChI=1S/C13H14N6O/c1-19(8-12-16-9-17-18-12)13(20)11-4-6-15-7-10(11)3-2-5-14/h4,6-7,9H,5,8,14H2,1H3,(H,16,17,18). The third-order valence-electron chi connectivity index (χ3n) is 2.58. The molecule has 0 atom stereocenters. The van der Waals surface area contributed by atoms with Gasteiger partial charge in [0.2, 0.25) is 0 Å². The van der Waals surface area contributed by atoms with Crippen LogP contribution in [0.1, 0.15) is 21.7 Å². The van der Waals surface area contributed by atoms with Crippen LogP contribution in [-0.2, 0) is 6.54 Å². The summed E-state index contributed by atoms with van der Waals surface area (Å²) < 4.78 is 0. The molecule has 2 aromatic rings. The highest BCUT2D eigenvalue weighted by atomic mass is 16.2. The van der Waals surface area contributed by atoms with Crippen LogP contribution in [0, 0.1) is 11.8 Å². The molecule has 0 aliphatic rings. The van der Waals surface area contributed by atoms with Crippen LogP contribution >= 0.6 is 0 Å². The lowest BCUT2D eigenvalue weighted by molar-refractivity contribution is 0.0781. The predicted octanol–water partition coefficient (Wildman–Crippen LogP) is -0.218. The largest absolute Gasteiger partial charge is 0.334 e. The van der Waals surface area contributed by atoms with Gasteiger partial charge in [-0.05, 0) is 6.07 Å². The molecule has 0 saturated heterocycles. The third kappa shape index (κ3) is 3.18. The second-order valence-corrected chi connectivity index (χ2v) is 4.02. The van der Waals surface area contributed by atoms with Gasteiger partial charge in [0.15, 0.2) is 0 Å². The van der Waals surface area contributed by atoms with Gasteiger partial charge in [-0.2, -0.15) is 5.10 Å². The van der Waals surface area contributed by atoms with Crippen LogP contribution in [0.15, 0.2) is 24.8 Å². The Morgan fingerprint density at radius 1 is 1.55 bits per heavy atom. The van der Waals surface area contributed by atoms with Crippen molar-refractivity contribution in [3.63, 3.8) is 0 Å². The quantitative estimate of drug-likeness (QED) is 0.751. The first kappa shape index (κ1) is 13.7. The molecule has 0 fully saturated rings. The summed E-state index contributed by atoms with van der Waals surface area (Å²) in [5.41, 5.74) is 6.40. The van der Waals surface area contributed by atoms with E-state index in [1.807, 2.05) is 0 Å². The summed E-state index contributed by atoms with van der Waals surface area (Å²) in [6.45, 7) is 0.571. The number of H-pyrrole nitrogens is 1. The Bertz CT molecular complexity index is 640. The van der Waals surface area contributed by atoms with Crippen molar-refractivity contribution in [3.05, 3.63) is 41.7 Å². The molecule has 3 N–H and O–H groups in total. The summed E-state index contributed by atoms with van der Waals surface area (Å²) in [5.74, 6) is 6.02. The minimum absolute atomic E-state index is 0.162. The summed E-state index contributed by atoms with van der Waals surface area (Å²) >= 11 is 0. The van der Waals surface area contributed by atoms with Gasteiger partial charge in [-0.1, -0.05) is 11.8 Å². The molecule has 0 spiro atoms. The minimum Gasteiger partial charge on any atom is -0.334 e. The van der Waals surface area contributed by atoms with E-state index in [2.05, 4.69) is 32.0 Å². The van der Waals surface area contributed by atoms with E-state index in [4.69, 9.17) is 5.73 Å². The average Bonchev–Trinajstić information content (AvgIpc) is 2.97. The second-order valence-electron chi connectivity index (χ2n) is 4.02. The monoisotopic (exact) mass is 270 g/mol. The zero-order valence-electron chi connectivity index (χ0n) is 11.0. The maximum atomic E-state index is 12.4. The van der Waals surface area contributed by atoms with E-state index >= 15 is 0 Å². The van der Waals surface area contributed by atoms with Crippen LogP contribution in [0.25, 0.3) is 0 Å². The lowest BCUT2D eigenvalue weighted by atomic mass is 10.1. The Hall–Kier alpha value is -2.72. The molecule has 0 unspecified atom stereocenters. The van der Waals surface area contributed by atoms with Crippen molar-refractivity contribution in [1.82, 2.24) is 25.1 Å². The number of amides is 1. The molecule has 0 aliphatic heterocycles. The maximum Gasteiger partial charge on any atom is 0.255 e. The number of nitrogens with one attached hydrogen (secondary N) is 1. The van der Waals surface area contributed by atoms with Crippen molar-refractivity contribution in [3.8, 4) is 11.8 Å². The normalized spacial score (nSPS) is 9.70. The number of pyridine rings is 1. The van der Waals surface area contributed by atoms with Gasteiger partial charge in [-0.15, -0.1) is 0 Å². The van der Waals surface area contributed by atoms with Crippen LogP contribution in [0.2, 0.25) is 0 Å². The minimum atomic E-state index is -0.162. The van der Waals surface area contributed by atoms with Crippen LogP contribution < -0.4 is 5.73 Å². The number of aromatic nitrogens is 4. The molecule has 2 aromatic heterocycles. The SMILES string of the molecule is CN(Cc1ncn[nH]1)C(=O)c1ccncc1C#CCN. The summed E-state index contributed by atoms with van der Waals surface area (Å²) in [5, 5.41) is 6.46. The van der Waals surface area contributed by atoms with Gasteiger partial charge in [-0.3, -0.25) is 14.9 Å². The highest BCUT2D eigenvalue weighted by Gasteiger charge is 2.16. The van der Waals surface area contributed by atoms with Gasteiger partial charge in [0.25, 0.3) is 5.91 Å². The Balaban J connectivity index is 2.20. The van der Waals surface area contributed by atoms with E-state index in [1.165, 1.54) is 11.2 Å². The van der Waals surface area contributed by atoms with E-state index in [1.54, 1.807) is 25.5 Å². The number of carbonyl (C=O) groups is 1. The van der Waals surface area contributed by atoms with Crippen molar-refractivity contribution in [2.75, 3.05) is 13.6 Å². The highest BCUT2D eigenvalue weighted by molar-refractivity contribution is 5.96. The maximum absolute atomic E-state index is 12.4. The lowest BCUT2D eigenvalue weighted by Crippen LogP contribution is -2.27. The second kappa shape index (κ2) is 6.45. The van der Waals surface area contributed by atoms with Gasteiger partial charge in [-0.25, -0.2) is 4.98 Å². The van der Waals surface area contributed by atoms with Crippen LogP contribution in [0.5, 0.6) is 0 Å². The number of hydrogen-bond acceptors (Lipinski definition) is 5. The first-order chi connectivity index (χ1) is 9.72. The van der Waals surface area contributed by atoms with Crippen molar-refractivity contribution < 1.29 is 4.79 Å². The van der Waals surface area contributed by atoms with E-state index in [-0.39, 0.29) is 12.5 Å². The van der Waals surface area contributed by atoms with Gasteiger partial charge < -0.3 is 10.6 Å². The van der Waals surface area contributed by atoms with Crippen molar-refractivity contribution >= 4 is 5.91 Å². The fourth-order valence-corrected chi connectivity index (χ4v) is 1.64. The number of hydrogen-bond donors (Lipinski definition) is 2. The molecule has 0 radical (unpaired) electrons. The lowest BCUT2D eigenvalue weighted by Gasteiger charge is -2.16. The third-order valence-corrected chi connectivity index (χ3v) is 2.58. The topological polar surface area (TPSA) is 101 Å². The fourth-order valence-electron chi connectivity index (χ4n) is 1.64. The summed E-state index contributed by atoms with van der Waals surface area (Å²) in [6.07, 6.45) is 4.51. The van der Waals surface area contributed by atoms with E-state index in [9.17, 15) is 4.79 Å². The highest BCUT2D eigenvalue weighted by Crippen LogP contribution is 2.10. The Kier molecular flexibility index (Phi) is 4.42. The molecule has 20 heavy (non-hydrogen) atoms. The molecule has 1 amide bonds. The van der Waals surface area contributed by atoms with Crippen LogP contribution in [0.3, 0.4) is 0 Å².